The fourth-order valence-electron chi connectivity index (χ4n) is 4.82. The lowest BCUT2D eigenvalue weighted by Gasteiger charge is -2.22. The maximum absolute atomic E-state index is 13.5. The van der Waals surface area contributed by atoms with Gasteiger partial charge in [-0.05, 0) is 41.0 Å². The Balaban J connectivity index is 0.000000205. The molecule has 7 heteroatoms. The average Bonchev–Trinajstić information content (AvgIpc) is 3.47. The van der Waals surface area contributed by atoms with Crippen molar-refractivity contribution in [1.82, 2.24) is 15.0 Å². The Morgan fingerprint density at radius 2 is 1.47 bits per heavy atom. The summed E-state index contributed by atoms with van der Waals surface area (Å²) in [5.74, 6) is -1.59. The van der Waals surface area contributed by atoms with E-state index in [1.54, 1.807) is 42.6 Å². The summed E-state index contributed by atoms with van der Waals surface area (Å²) in [7, 11) is 0. The molecule has 0 amide bonds. The third-order valence-electron chi connectivity index (χ3n) is 7.53. The van der Waals surface area contributed by atoms with Crippen LogP contribution in [0.4, 0.5) is 4.39 Å². The van der Waals surface area contributed by atoms with Crippen molar-refractivity contribution in [1.29, 1.82) is 0 Å². The Morgan fingerprint density at radius 3 is 2.04 bits per heavy atom. The standard InChI is InChI=1S/C19H20FNO2.C19H20N2O/c1-19(2,3)16(22)12-15(14-9-10-21-17(20)11-14)18(23)13-7-5-4-6-8-13;1-19(2,3)16-12-15(14-9-10-20-17(22)11-14)18(21-16)13-7-5-4-6-8-13/h4-11,15H,12H2,1-3H3;4-12,21H,1-3H3,(H,20,22). The molecule has 2 aromatic carbocycles. The lowest BCUT2D eigenvalue weighted by molar-refractivity contribution is -0.126. The lowest BCUT2D eigenvalue weighted by Crippen LogP contribution is -2.25. The molecule has 3 heterocycles. The molecule has 5 rings (SSSR count). The zero-order valence-electron chi connectivity index (χ0n) is 26.6. The molecule has 6 nitrogen and oxygen atoms in total. The largest absolute Gasteiger partial charge is 0.357 e. The monoisotopic (exact) mass is 605 g/mol. The molecule has 5 aromatic rings. The first-order valence-electron chi connectivity index (χ1n) is 15.0. The van der Waals surface area contributed by atoms with Gasteiger partial charge in [-0.15, -0.1) is 0 Å². The van der Waals surface area contributed by atoms with Crippen LogP contribution in [-0.2, 0) is 10.2 Å². The highest BCUT2D eigenvalue weighted by atomic mass is 19.1. The van der Waals surface area contributed by atoms with Crippen molar-refractivity contribution < 1.29 is 14.0 Å². The summed E-state index contributed by atoms with van der Waals surface area (Å²) >= 11 is 0. The van der Waals surface area contributed by atoms with Crippen LogP contribution in [0.5, 0.6) is 0 Å². The Bertz CT molecular complexity index is 1810. The molecule has 3 aromatic heterocycles. The first-order chi connectivity index (χ1) is 21.2. The minimum absolute atomic E-state index is 0.0168. The number of H-pyrrole nitrogens is 2. The molecule has 2 N–H and O–H groups in total. The number of hydrogen-bond donors (Lipinski definition) is 2. The average molecular weight is 606 g/mol. The topological polar surface area (TPSA) is 95.7 Å². The van der Waals surface area contributed by atoms with Crippen molar-refractivity contribution in [3.63, 3.8) is 0 Å². The summed E-state index contributed by atoms with van der Waals surface area (Å²) in [5, 5.41) is 0. The van der Waals surface area contributed by atoms with Gasteiger partial charge in [-0.2, -0.15) is 4.39 Å². The highest BCUT2D eigenvalue weighted by Gasteiger charge is 2.30. The number of rotatable bonds is 7. The van der Waals surface area contributed by atoms with E-state index in [-0.39, 0.29) is 29.0 Å². The van der Waals surface area contributed by atoms with E-state index in [0.29, 0.717) is 11.1 Å². The van der Waals surface area contributed by atoms with E-state index < -0.39 is 17.3 Å². The Hall–Kier alpha value is -4.91. The maximum atomic E-state index is 13.5. The molecular weight excluding hydrogens is 565 g/mol. The molecule has 0 saturated carbocycles. The van der Waals surface area contributed by atoms with Gasteiger partial charge in [0.1, 0.15) is 5.78 Å². The van der Waals surface area contributed by atoms with E-state index >= 15 is 0 Å². The maximum Gasteiger partial charge on any atom is 0.248 e. The number of carbonyl (C=O) groups excluding carboxylic acids is 2. The SMILES string of the molecule is CC(C)(C)C(=O)CC(C(=O)c1ccccc1)c1ccnc(F)c1.CC(C)(C)c1cc(-c2cc[nH]c(=O)c2)c(-c2ccccc2)[nH]1. The number of benzene rings is 2. The molecular formula is C38H40FN3O3. The van der Waals surface area contributed by atoms with Crippen LogP contribution in [0.2, 0.25) is 0 Å². The van der Waals surface area contributed by atoms with Crippen molar-refractivity contribution >= 4 is 11.6 Å². The number of ketones is 2. The molecule has 0 aliphatic heterocycles. The number of hydrogen-bond acceptors (Lipinski definition) is 4. The van der Waals surface area contributed by atoms with E-state index in [4.69, 9.17) is 0 Å². The smallest absolute Gasteiger partial charge is 0.248 e. The molecule has 0 spiro atoms. The number of carbonyl (C=O) groups is 2. The number of nitrogens with one attached hydrogen (secondary N) is 2. The molecule has 0 radical (unpaired) electrons. The molecule has 0 fully saturated rings. The molecule has 232 valence electrons. The fourth-order valence-corrected chi connectivity index (χ4v) is 4.82. The lowest BCUT2D eigenvalue weighted by atomic mass is 9.80. The van der Waals surface area contributed by atoms with Crippen LogP contribution in [-0.4, -0.2) is 26.5 Å². The highest BCUT2D eigenvalue weighted by Crippen LogP contribution is 2.35. The molecule has 0 aliphatic rings. The Morgan fingerprint density at radius 1 is 0.822 bits per heavy atom. The van der Waals surface area contributed by atoms with E-state index in [9.17, 15) is 18.8 Å². The second-order valence-electron chi connectivity index (χ2n) is 13.1. The Kier molecular flexibility index (Phi) is 10.1. The summed E-state index contributed by atoms with van der Waals surface area (Å²) in [5.41, 5.74) is 5.67. The van der Waals surface area contributed by atoms with Crippen LogP contribution in [0.1, 0.15) is 75.5 Å². The van der Waals surface area contributed by atoms with Gasteiger partial charge in [0.25, 0.3) is 0 Å². The first-order valence-corrected chi connectivity index (χ1v) is 15.0. The number of aromatic amines is 2. The number of aromatic nitrogens is 3. The quantitative estimate of drug-likeness (QED) is 0.144. The third-order valence-corrected chi connectivity index (χ3v) is 7.53. The van der Waals surface area contributed by atoms with E-state index in [1.165, 1.54) is 12.3 Å². The highest BCUT2D eigenvalue weighted by molar-refractivity contribution is 6.03. The van der Waals surface area contributed by atoms with Gasteiger partial charge >= 0.3 is 0 Å². The number of pyridine rings is 2. The minimum Gasteiger partial charge on any atom is -0.357 e. The van der Waals surface area contributed by atoms with Crippen LogP contribution in [0.25, 0.3) is 22.4 Å². The van der Waals surface area contributed by atoms with Crippen LogP contribution in [0.15, 0.2) is 108 Å². The fraction of sp³-hybridized carbons (Fsp3) is 0.263. The second-order valence-corrected chi connectivity index (χ2v) is 13.1. The second kappa shape index (κ2) is 13.8. The summed E-state index contributed by atoms with van der Waals surface area (Å²) in [6.07, 6.45) is 3.05. The molecule has 1 atom stereocenters. The van der Waals surface area contributed by atoms with Gasteiger partial charge in [-0.25, -0.2) is 4.98 Å². The number of Topliss-reactive ketones (excluding diaryl/α,β-unsaturated/α-hetero) is 2. The van der Waals surface area contributed by atoms with Crippen LogP contribution in [0, 0.1) is 11.4 Å². The van der Waals surface area contributed by atoms with Crippen LogP contribution in [0.3, 0.4) is 0 Å². The van der Waals surface area contributed by atoms with Crippen molar-refractivity contribution in [3.8, 4) is 22.4 Å². The summed E-state index contributed by atoms with van der Waals surface area (Å²) in [6.45, 7) is 12.0. The summed E-state index contributed by atoms with van der Waals surface area (Å²) in [4.78, 5) is 46.6. The molecule has 0 aliphatic carbocycles. The van der Waals surface area contributed by atoms with Crippen molar-refractivity contribution in [2.45, 2.75) is 59.3 Å². The van der Waals surface area contributed by atoms with E-state index in [2.05, 4.69) is 53.9 Å². The minimum atomic E-state index is -0.707. The van der Waals surface area contributed by atoms with Crippen molar-refractivity contribution in [2.24, 2.45) is 5.41 Å². The Labute approximate surface area is 263 Å². The van der Waals surface area contributed by atoms with Crippen LogP contribution < -0.4 is 5.56 Å². The van der Waals surface area contributed by atoms with Gasteiger partial charge in [-0.1, -0.05) is 102 Å². The van der Waals surface area contributed by atoms with Crippen LogP contribution >= 0.6 is 0 Å². The van der Waals surface area contributed by atoms with Gasteiger partial charge < -0.3 is 9.97 Å². The third kappa shape index (κ3) is 8.60. The predicted octanol–water partition coefficient (Wildman–Crippen LogP) is 8.53. The molecule has 0 saturated heterocycles. The predicted molar refractivity (Wildman–Crippen MR) is 178 cm³/mol. The van der Waals surface area contributed by atoms with Crippen molar-refractivity contribution in [2.75, 3.05) is 0 Å². The van der Waals surface area contributed by atoms with Gasteiger partial charge in [0, 0.05) is 52.5 Å². The van der Waals surface area contributed by atoms with Gasteiger partial charge in [-0.3, -0.25) is 14.4 Å². The van der Waals surface area contributed by atoms with Gasteiger partial charge in [0.15, 0.2) is 5.78 Å². The number of nitrogens with zero attached hydrogens (tertiary/aromatic N) is 1. The first kappa shape index (κ1) is 33.0. The van der Waals surface area contributed by atoms with Crippen molar-refractivity contribution in [3.05, 3.63) is 137 Å². The summed E-state index contributed by atoms with van der Waals surface area (Å²) < 4.78 is 13.5. The molecule has 45 heavy (non-hydrogen) atoms. The number of halogens is 1. The molecule has 0 bridgehead atoms. The zero-order valence-corrected chi connectivity index (χ0v) is 26.6. The van der Waals surface area contributed by atoms with Gasteiger partial charge in [0.2, 0.25) is 11.5 Å². The van der Waals surface area contributed by atoms with E-state index in [1.807, 2.05) is 51.1 Å². The normalized spacial score (nSPS) is 12.2. The zero-order chi connectivity index (χ0) is 32.8. The van der Waals surface area contributed by atoms with Gasteiger partial charge in [0.05, 0.1) is 11.6 Å². The summed E-state index contributed by atoms with van der Waals surface area (Å²) in [6, 6.07) is 27.5. The molecule has 1 unspecified atom stereocenters. The van der Waals surface area contributed by atoms with E-state index in [0.717, 1.165) is 28.1 Å².